The molecule has 0 aliphatic carbocycles. The number of halogens is 1. The van der Waals surface area contributed by atoms with Crippen LogP contribution in [0.25, 0.3) is 0 Å². The van der Waals surface area contributed by atoms with Crippen LogP contribution in [0.5, 0.6) is 5.75 Å². The summed E-state index contributed by atoms with van der Waals surface area (Å²) in [5.74, 6) is 0.544. The van der Waals surface area contributed by atoms with Gasteiger partial charge in [-0.3, -0.25) is 4.79 Å². The molecule has 5 heteroatoms. The molecule has 0 radical (unpaired) electrons. The summed E-state index contributed by atoms with van der Waals surface area (Å²) >= 11 is 5.92. The summed E-state index contributed by atoms with van der Waals surface area (Å²) in [6.07, 6.45) is 0.880. The quantitative estimate of drug-likeness (QED) is 0.785. The minimum atomic E-state index is -0.130. The van der Waals surface area contributed by atoms with Gasteiger partial charge in [0.05, 0.1) is 0 Å². The van der Waals surface area contributed by atoms with Gasteiger partial charge in [0.1, 0.15) is 5.75 Å². The van der Waals surface area contributed by atoms with Crippen LogP contribution in [-0.4, -0.2) is 44.1 Å². The topological polar surface area (TPSA) is 41.6 Å². The molecule has 0 aliphatic rings. The molecule has 134 valence electrons. The monoisotopic (exact) mass is 360 g/mol. The molecule has 4 nitrogen and oxygen atoms in total. The zero-order chi connectivity index (χ0) is 18.2. The van der Waals surface area contributed by atoms with E-state index in [9.17, 15) is 4.79 Å². The van der Waals surface area contributed by atoms with Gasteiger partial charge in [0.2, 0.25) is 0 Å². The fraction of sp³-hybridized carbons (Fsp3) is 0.350. The Morgan fingerprint density at radius 1 is 1.20 bits per heavy atom. The van der Waals surface area contributed by atoms with E-state index in [0.29, 0.717) is 17.3 Å². The van der Waals surface area contributed by atoms with Crippen molar-refractivity contribution in [2.45, 2.75) is 19.4 Å². The molecule has 0 aliphatic heterocycles. The second kappa shape index (κ2) is 9.44. The first-order chi connectivity index (χ1) is 12.0. The lowest BCUT2D eigenvalue weighted by Gasteiger charge is -2.24. The molecule has 2 rings (SSSR count). The van der Waals surface area contributed by atoms with Gasteiger partial charge in [-0.25, -0.2) is 0 Å². The molecule has 25 heavy (non-hydrogen) atoms. The number of nitrogens with zero attached hydrogens (tertiary/aromatic N) is 1. The number of rotatable bonds is 8. The number of carbonyl (C=O) groups is 1. The highest BCUT2D eigenvalue weighted by Gasteiger charge is 2.14. The maximum atomic E-state index is 12.1. The molecule has 0 fully saturated rings. The first kappa shape index (κ1) is 19.3. The molecule has 0 saturated carbocycles. The zero-order valence-electron chi connectivity index (χ0n) is 15.0. The third-order valence-electron chi connectivity index (χ3n) is 4.08. The minimum absolute atomic E-state index is 0.00599. The van der Waals surface area contributed by atoms with Crippen LogP contribution in [0.3, 0.4) is 0 Å². The Hall–Kier alpha value is -2.04. The normalized spacial score (nSPS) is 12.0. The fourth-order valence-corrected chi connectivity index (χ4v) is 2.75. The molecule has 2 aromatic carbocycles. The van der Waals surface area contributed by atoms with Crippen molar-refractivity contribution in [2.24, 2.45) is 0 Å². The zero-order valence-corrected chi connectivity index (χ0v) is 15.7. The molecule has 0 aromatic heterocycles. The summed E-state index contributed by atoms with van der Waals surface area (Å²) in [4.78, 5) is 14.2. The molecule has 0 spiro atoms. The van der Waals surface area contributed by atoms with Crippen LogP contribution < -0.4 is 10.1 Å². The first-order valence-corrected chi connectivity index (χ1v) is 8.69. The molecule has 0 heterocycles. The summed E-state index contributed by atoms with van der Waals surface area (Å²) in [6, 6.07) is 15.8. The molecule has 2 aromatic rings. The van der Waals surface area contributed by atoms with Crippen molar-refractivity contribution in [2.75, 3.05) is 27.2 Å². The fourth-order valence-electron chi connectivity index (χ4n) is 2.52. The summed E-state index contributed by atoms with van der Waals surface area (Å²) in [6.45, 7) is 2.47. The number of ether oxygens (including phenoxy) is 1. The van der Waals surface area contributed by atoms with E-state index in [-0.39, 0.29) is 18.6 Å². The summed E-state index contributed by atoms with van der Waals surface area (Å²) < 4.78 is 5.58. The average molecular weight is 361 g/mol. The molecular formula is C20H25ClN2O2. The number of nitrogens with one attached hydrogen (secondary N) is 1. The van der Waals surface area contributed by atoms with Crippen molar-refractivity contribution in [3.63, 3.8) is 0 Å². The number of amides is 1. The first-order valence-electron chi connectivity index (χ1n) is 8.31. The van der Waals surface area contributed by atoms with E-state index in [2.05, 4.69) is 22.3 Å². The number of carbonyl (C=O) groups excluding carboxylic acids is 1. The van der Waals surface area contributed by atoms with Crippen molar-refractivity contribution in [3.05, 3.63) is 64.7 Å². The maximum absolute atomic E-state index is 12.1. The van der Waals surface area contributed by atoms with E-state index >= 15 is 0 Å². The Balaban J connectivity index is 1.82. The van der Waals surface area contributed by atoms with Crippen LogP contribution in [0.4, 0.5) is 0 Å². The van der Waals surface area contributed by atoms with Crippen LogP contribution in [0.2, 0.25) is 5.02 Å². The summed E-state index contributed by atoms with van der Waals surface area (Å²) in [7, 11) is 4.04. The van der Waals surface area contributed by atoms with Gasteiger partial charge < -0.3 is 15.0 Å². The van der Waals surface area contributed by atoms with Crippen LogP contribution in [0, 0.1) is 6.92 Å². The van der Waals surface area contributed by atoms with Gasteiger partial charge in [0.25, 0.3) is 5.91 Å². The molecule has 0 saturated heterocycles. The van der Waals surface area contributed by atoms with Crippen molar-refractivity contribution in [3.8, 4) is 5.75 Å². The minimum Gasteiger partial charge on any atom is -0.484 e. The lowest BCUT2D eigenvalue weighted by atomic mass is 10.1. The van der Waals surface area contributed by atoms with E-state index in [1.54, 1.807) is 12.1 Å². The Bertz CT molecular complexity index is 689. The van der Waals surface area contributed by atoms with Gasteiger partial charge in [0.15, 0.2) is 6.61 Å². The van der Waals surface area contributed by atoms with Gasteiger partial charge in [0, 0.05) is 17.6 Å². The van der Waals surface area contributed by atoms with Gasteiger partial charge >= 0.3 is 0 Å². The van der Waals surface area contributed by atoms with Gasteiger partial charge in [-0.15, -0.1) is 0 Å². The Morgan fingerprint density at radius 3 is 2.56 bits per heavy atom. The van der Waals surface area contributed by atoms with E-state index in [1.165, 1.54) is 5.56 Å². The van der Waals surface area contributed by atoms with Crippen molar-refractivity contribution in [1.29, 1.82) is 0 Å². The van der Waals surface area contributed by atoms with E-state index < -0.39 is 0 Å². The standard InChI is InChI=1S/C20H25ClN2O2/c1-15-11-17(21)9-10-19(15)25-14-20(24)22-13-18(23(2)3)12-16-7-5-4-6-8-16/h4-11,18H,12-14H2,1-3H3,(H,22,24)/t18-/m0/s1. The number of benzene rings is 2. The van der Waals surface area contributed by atoms with Crippen LogP contribution in [-0.2, 0) is 11.2 Å². The van der Waals surface area contributed by atoms with Crippen molar-refractivity contribution < 1.29 is 9.53 Å². The van der Waals surface area contributed by atoms with Gasteiger partial charge in [-0.2, -0.15) is 0 Å². The predicted octanol–water partition coefficient (Wildman–Crippen LogP) is 3.32. The van der Waals surface area contributed by atoms with E-state index in [4.69, 9.17) is 16.3 Å². The summed E-state index contributed by atoms with van der Waals surface area (Å²) in [5.41, 5.74) is 2.17. The van der Waals surface area contributed by atoms with Gasteiger partial charge in [-0.1, -0.05) is 41.9 Å². The Kier molecular flexibility index (Phi) is 7.29. The van der Waals surface area contributed by atoms with Crippen LogP contribution >= 0.6 is 11.6 Å². The SMILES string of the molecule is Cc1cc(Cl)ccc1OCC(=O)NC[C@H](Cc1ccccc1)N(C)C. The molecule has 0 unspecified atom stereocenters. The highest BCUT2D eigenvalue weighted by Crippen LogP contribution is 2.21. The predicted molar refractivity (Wildman–Crippen MR) is 102 cm³/mol. The number of hydrogen-bond donors (Lipinski definition) is 1. The molecular weight excluding hydrogens is 336 g/mol. The number of likely N-dealkylation sites (N-methyl/N-ethyl adjacent to an activating group) is 1. The average Bonchev–Trinajstić information content (AvgIpc) is 2.58. The lowest BCUT2D eigenvalue weighted by molar-refractivity contribution is -0.123. The second-order valence-electron chi connectivity index (χ2n) is 6.31. The summed E-state index contributed by atoms with van der Waals surface area (Å²) in [5, 5.41) is 3.61. The van der Waals surface area contributed by atoms with E-state index in [1.807, 2.05) is 45.3 Å². The Morgan fingerprint density at radius 2 is 1.92 bits per heavy atom. The Labute approximate surface area is 154 Å². The molecule has 1 amide bonds. The van der Waals surface area contributed by atoms with Gasteiger partial charge in [-0.05, 0) is 56.8 Å². The van der Waals surface area contributed by atoms with Crippen LogP contribution in [0.1, 0.15) is 11.1 Å². The van der Waals surface area contributed by atoms with Crippen molar-refractivity contribution >= 4 is 17.5 Å². The molecule has 1 N–H and O–H groups in total. The lowest BCUT2D eigenvalue weighted by Crippen LogP contribution is -2.43. The smallest absolute Gasteiger partial charge is 0.257 e. The second-order valence-corrected chi connectivity index (χ2v) is 6.75. The number of hydrogen-bond acceptors (Lipinski definition) is 3. The maximum Gasteiger partial charge on any atom is 0.257 e. The van der Waals surface area contributed by atoms with Crippen LogP contribution in [0.15, 0.2) is 48.5 Å². The third kappa shape index (κ3) is 6.40. The molecule has 0 bridgehead atoms. The number of aryl methyl sites for hydroxylation is 1. The highest BCUT2D eigenvalue weighted by atomic mass is 35.5. The third-order valence-corrected chi connectivity index (χ3v) is 4.31. The molecule has 1 atom stereocenters. The highest BCUT2D eigenvalue weighted by molar-refractivity contribution is 6.30. The van der Waals surface area contributed by atoms with Crippen molar-refractivity contribution in [1.82, 2.24) is 10.2 Å². The van der Waals surface area contributed by atoms with E-state index in [0.717, 1.165) is 12.0 Å². The largest absolute Gasteiger partial charge is 0.484 e.